The molecule has 0 aliphatic heterocycles. The number of nitrogens with zero attached hydrogens (tertiary/aromatic N) is 4. The zero-order valence-corrected chi connectivity index (χ0v) is 28.9. The molecule has 7 aromatic carbocycles. The molecule has 52 heavy (non-hydrogen) atoms. The Labute approximate surface area is 304 Å². The molecule has 0 fully saturated rings. The Morgan fingerprint density at radius 2 is 1.10 bits per heavy atom. The highest BCUT2D eigenvalue weighted by Crippen LogP contribution is 2.47. The maximum Gasteiger partial charge on any atom is 0.238 e. The largest absolute Gasteiger partial charge is 0.278 e. The summed E-state index contributed by atoms with van der Waals surface area (Å²) < 4.78 is 4.82. The predicted molar refractivity (Wildman–Crippen MR) is 215 cm³/mol. The molecule has 5 heteroatoms. The fraction of sp³-hybridized carbons (Fsp3) is 0.0426. The monoisotopic (exact) mass is 682 g/mol. The summed E-state index contributed by atoms with van der Waals surface area (Å²) in [4.78, 5) is 15.2. The fourth-order valence-corrected chi connectivity index (χ4v) is 9.50. The van der Waals surface area contributed by atoms with E-state index in [2.05, 4.69) is 132 Å². The molecule has 0 amide bonds. The molecule has 0 atom stereocenters. The van der Waals surface area contributed by atoms with Crippen molar-refractivity contribution in [1.29, 1.82) is 0 Å². The van der Waals surface area contributed by atoms with Gasteiger partial charge in [-0.15, -0.1) is 11.3 Å². The van der Waals surface area contributed by atoms with E-state index in [9.17, 15) is 0 Å². The number of para-hydroxylation sites is 1. The first-order valence-corrected chi connectivity index (χ1v) is 18.5. The zero-order valence-electron chi connectivity index (χ0n) is 28.1. The van der Waals surface area contributed by atoms with E-state index in [4.69, 9.17) is 15.0 Å². The van der Waals surface area contributed by atoms with Crippen molar-refractivity contribution < 1.29 is 0 Å². The van der Waals surface area contributed by atoms with Gasteiger partial charge >= 0.3 is 0 Å². The molecular weight excluding hydrogens is 653 g/mol. The highest BCUT2D eigenvalue weighted by molar-refractivity contribution is 7.26. The number of thiophene rings is 1. The lowest BCUT2D eigenvalue weighted by atomic mass is 9.90. The van der Waals surface area contributed by atoms with Crippen molar-refractivity contribution >= 4 is 53.3 Å². The molecule has 3 aromatic heterocycles. The van der Waals surface area contributed by atoms with Crippen molar-refractivity contribution in [3.8, 4) is 39.9 Å². The third-order valence-corrected chi connectivity index (χ3v) is 11.7. The number of fused-ring (bicyclic) bond motifs is 10. The van der Waals surface area contributed by atoms with Crippen LogP contribution in [0.3, 0.4) is 0 Å². The summed E-state index contributed by atoms with van der Waals surface area (Å²) >= 11 is 1.88. The molecule has 0 unspecified atom stereocenters. The van der Waals surface area contributed by atoms with Gasteiger partial charge in [-0.2, -0.15) is 9.97 Å². The SMILES string of the molecule is c1ccc(-c2nc(-c3ccccc3)nc(-n3c4ccccc4c4c5c(ccc43)sc3cc(CC4c6ccccc6-c6ccccc64)ccc35)n2)cc1. The molecule has 3 heterocycles. The van der Waals surface area contributed by atoms with Gasteiger partial charge in [0.2, 0.25) is 5.95 Å². The second kappa shape index (κ2) is 11.6. The number of aromatic nitrogens is 4. The first-order chi connectivity index (χ1) is 25.8. The van der Waals surface area contributed by atoms with E-state index in [0.29, 0.717) is 23.5 Å². The van der Waals surface area contributed by atoms with Crippen LogP contribution in [0.25, 0.3) is 81.8 Å². The minimum atomic E-state index is 0.353. The average Bonchev–Trinajstić information content (AvgIpc) is 3.86. The number of hydrogen-bond acceptors (Lipinski definition) is 4. The topological polar surface area (TPSA) is 43.6 Å². The molecular formula is C47H30N4S. The summed E-state index contributed by atoms with van der Waals surface area (Å²) in [5, 5.41) is 4.99. The normalized spacial score (nSPS) is 12.6. The maximum absolute atomic E-state index is 5.14. The average molecular weight is 683 g/mol. The van der Waals surface area contributed by atoms with E-state index in [1.807, 2.05) is 47.7 Å². The van der Waals surface area contributed by atoms with Gasteiger partial charge in [0, 0.05) is 48.0 Å². The van der Waals surface area contributed by atoms with E-state index < -0.39 is 0 Å². The third kappa shape index (κ3) is 4.49. The van der Waals surface area contributed by atoms with Crippen molar-refractivity contribution in [2.75, 3.05) is 0 Å². The van der Waals surface area contributed by atoms with Gasteiger partial charge in [-0.1, -0.05) is 140 Å². The maximum atomic E-state index is 5.14. The lowest BCUT2D eigenvalue weighted by Crippen LogP contribution is -2.06. The summed E-state index contributed by atoms with van der Waals surface area (Å²) in [7, 11) is 0. The van der Waals surface area contributed by atoms with Crippen LogP contribution in [-0.2, 0) is 6.42 Å². The molecule has 11 rings (SSSR count). The number of rotatable bonds is 5. The van der Waals surface area contributed by atoms with Gasteiger partial charge < -0.3 is 0 Å². The van der Waals surface area contributed by atoms with Crippen molar-refractivity contribution in [3.05, 3.63) is 180 Å². The van der Waals surface area contributed by atoms with Gasteiger partial charge in [-0.05, 0) is 58.5 Å². The summed E-state index contributed by atoms with van der Waals surface area (Å²) in [6, 6.07) is 58.5. The second-order valence-corrected chi connectivity index (χ2v) is 14.6. The van der Waals surface area contributed by atoms with Gasteiger partial charge in [-0.3, -0.25) is 4.57 Å². The standard InChI is InChI=1S/C47H30N4S/c1-3-13-30(14-4-1)45-48-46(31-15-5-2-6-16-31)50-47(49-45)51-39-22-12-11-21-36(39)43-40(51)25-26-41-44(43)37-24-23-29(28-42(37)52-41)27-38-34-19-9-7-17-32(34)33-18-8-10-20-35(33)38/h1-26,28,38H,27H2. The lowest BCUT2D eigenvalue weighted by Gasteiger charge is -2.14. The summed E-state index contributed by atoms with van der Waals surface area (Å²) in [6.45, 7) is 0. The predicted octanol–water partition coefficient (Wildman–Crippen LogP) is 12.0. The Kier molecular flexibility index (Phi) is 6.51. The van der Waals surface area contributed by atoms with Gasteiger partial charge in [-0.25, -0.2) is 4.98 Å². The molecule has 0 spiro atoms. The molecule has 0 saturated carbocycles. The molecule has 4 nitrogen and oxygen atoms in total. The smallest absolute Gasteiger partial charge is 0.238 e. The van der Waals surface area contributed by atoms with Crippen LogP contribution in [0.2, 0.25) is 0 Å². The van der Waals surface area contributed by atoms with Gasteiger partial charge in [0.1, 0.15) is 0 Å². The Morgan fingerprint density at radius 1 is 0.481 bits per heavy atom. The zero-order chi connectivity index (χ0) is 34.2. The van der Waals surface area contributed by atoms with Gasteiger partial charge in [0.15, 0.2) is 11.6 Å². The molecule has 244 valence electrons. The van der Waals surface area contributed by atoms with E-state index in [1.54, 1.807) is 0 Å². The van der Waals surface area contributed by atoms with Gasteiger partial charge in [0.05, 0.1) is 11.0 Å². The summed E-state index contributed by atoms with van der Waals surface area (Å²) in [5.74, 6) is 2.26. The molecule has 0 bridgehead atoms. The molecule has 0 N–H and O–H groups in total. The highest BCUT2D eigenvalue weighted by atomic mass is 32.1. The Balaban J connectivity index is 1.10. The second-order valence-electron chi connectivity index (χ2n) is 13.6. The Bertz CT molecular complexity index is 2890. The Morgan fingerprint density at radius 3 is 1.79 bits per heavy atom. The van der Waals surface area contributed by atoms with Crippen molar-refractivity contribution in [3.63, 3.8) is 0 Å². The summed E-state index contributed by atoms with van der Waals surface area (Å²) in [6.07, 6.45) is 0.972. The quantitative estimate of drug-likeness (QED) is 0.181. The molecule has 10 aromatic rings. The van der Waals surface area contributed by atoms with Crippen molar-refractivity contribution in [1.82, 2.24) is 19.5 Å². The van der Waals surface area contributed by atoms with Crippen LogP contribution in [0.4, 0.5) is 0 Å². The van der Waals surface area contributed by atoms with Crippen molar-refractivity contribution in [2.45, 2.75) is 12.3 Å². The fourth-order valence-electron chi connectivity index (χ4n) is 8.33. The lowest BCUT2D eigenvalue weighted by molar-refractivity contribution is 0.828. The van der Waals surface area contributed by atoms with E-state index in [-0.39, 0.29) is 0 Å². The molecule has 1 aliphatic carbocycles. The Hall–Kier alpha value is -6.43. The van der Waals surface area contributed by atoms with Crippen molar-refractivity contribution in [2.24, 2.45) is 0 Å². The van der Waals surface area contributed by atoms with E-state index in [1.165, 1.54) is 58.8 Å². The number of benzene rings is 7. The van der Waals surface area contributed by atoms with Crippen LogP contribution >= 0.6 is 11.3 Å². The molecule has 1 aliphatic rings. The van der Waals surface area contributed by atoms with E-state index in [0.717, 1.165) is 28.6 Å². The van der Waals surface area contributed by atoms with Crippen LogP contribution in [0.15, 0.2) is 164 Å². The molecule has 0 saturated heterocycles. The number of hydrogen-bond donors (Lipinski definition) is 0. The third-order valence-electron chi connectivity index (χ3n) is 10.6. The summed E-state index contributed by atoms with van der Waals surface area (Å²) in [5.41, 5.74) is 11.0. The van der Waals surface area contributed by atoms with Crippen LogP contribution in [0.1, 0.15) is 22.6 Å². The first-order valence-electron chi connectivity index (χ1n) is 17.7. The minimum Gasteiger partial charge on any atom is -0.278 e. The van der Waals surface area contributed by atoms with E-state index >= 15 is 0 Å². The first kappa shape index (κ1) is 29.3. The van der Waals surface area contributed by atoms with Gasteiger partial charge in [0.25, 0.3) is 0 Å². The van der Waals surface area contributed by atoms with Crippen LogP contribution < -0.4 is 0 Å². The highest BCUT2D eigenvalue weighted by Gasteiger charge is 2.28. The minimum absolute atomic E-state index is 0.353. The van der Waals surface area contributed by atoms with Crippen LogP contribution in [0, 0.1) is 0 Å². The van der Waals surface area contributed by atoms with Crippen LogP contribution in [0.5, 0.6) is 0 Å². The molecule has 0 radical (unpaired) electrons. The van der Waals surface area contributed by atoms with Crippen LogP contribution in [-0.4, -0.2) is 19.5 Å².